The van der Waals surface area contributed by atoms with Gasteiger partial charge in [0.25, 0.3) is 0 Å². The fourth-order valence-corrected chi connectivity index (χ4v) is 4.54. The Hall–Kier alpha value is -3.12. The van der Waals surface area contributed by atoms with Crippen LogP contribution in [0.5, 0.6) is 0 Å². The van der Waals surface area contributed by atoms with Gasteiger partial charge in [-0.25, -0.2) is 0 Å². The van der Waals surface area contributed by atoms with Gasteiger partial charge in [0.2, 0.25) is 0 Å². The number of aryl methyl sites for hydroxylation is 4. The number of hydrogen-bond acceptors (Lipinski definition) is 0. The van der Waals surface area contributed by atoms with E-state index in [0.29, 0.717) is 0 Å². The summed E-state index contributed by atoms with van der Waals surface area (Å²) in [7, 11) is 0. The summed E-state index contributed by atoms with van der Waals surface area (Å²) >= 11 is 0. The van der Waals surface area contributed by atoms with Crippen LogP contribution in [0.2, 0.25) is 0 Å². The maximum Gasteiger partial charge on any atom is -0.00698 e. The van der Waals surface area contributed by atoms with Crippen molar-refractivity contribution in [1.29, 1.82) is 0 Å². The quantitative estimate of drug-likeness (QED) is 0.319. The third-order valence-electron chi connectivity index (χ3n) is 6.70. The van der Waals surface area contributed by atoms with Crippen molar-refractivity contribution in [3.05, 3.63) is 106 Å². The van der Waals surface area contributed by atoms with Crippen molar-refractivity contribution in [2.75, 3.05) is 0 Å². The summed E-state index contributed by atoms with van der Waals surface area (Å²) in [5.41, 5.74) is 16.0. The Morgan fingerprint density at radius 2 is 1.23 bits per heavy atom. The third-order valence-corrected chi connectivity index (χ3v) is 6.70. The number of benzene rings is 4. The molecule has 4 rings (SSSR count). The predicted molar refractivity (Wildman–Crippen MR) is 136 cm³/mol. The Bertz CT molecular complexity index is 1240. The fraction of sp³-hybridized carbons (Fsp3) is 0.226. The van der Waals surface area contributed by atoms with E-state index in [2.05, 4.69) is 114 Å². The van der Waals surface area contributed by atoms with E-state index in [-0.39, 0.29) is 0 Å². The molecule has 0 amide bonds. The lowest BCUT2D eigenvalue weighted by Crippen LogP contribution is -1.97. The molecule has 0 unspecified atom stereocenters. The van der Waals surface area contributed by atoms with Crippen molar-refractivity contribution < 1.29 is 0 Å². The molecule has 0 nitrogen and oxygen atoms in total. The highest BCUT2D eigenvalue weighted by molar-refractivity contribution is 5.92. The van der Waals surface area contributed by atoms with E-state index in [1.54, 1.807) is 0 Å². The third kappa shape index (κ3) is 3.95. The molecule has 0 aliphatic rings. The molecule has 4 aromatic carbocycles. The zero-order chi connectivity index (χ0) is 22.1. The van der Waals surface area contributed by atoms with E-state index in [9.17, 15) is 0 Å². The lowest BCUT2D eigenvalue weighted by molar-refractivity contribution is 1.14. The van der Waals surface area contributed by atoms with Gasteiger partial charge < -0.3 is 0 Å². The van der Waals surface area contributed by atoms with E-state index < -0.39 is 0 Å². The molecule has 4 aromatic rings. The summed E-state index contributed by atoms with van der Waals surface area (Å²) in [6.07, 6.45) is 1.05. The van der Waals surface area contributed by atoms with Gasteiger partial charge >= 0.3 is 0 Å². The number of rotatable bonds is 4. The van der Waals surface area contributed by atoms with Gasteiger partial charge in [0.05, 0.1) is 0 Å². The standard InChI is InChI=1S/C31H32/c1-7-25-14-13-22(4)30(19-25)29-18-17-28(27-10-8-9-21(3)23(27)5)24(6)31(29)26-15-11-20(2)12-16-26/h8-19H,7H2,1-6H3. The Kier molecular flexibility index (Phi) is 5.83. The van der Waals surface area contributed by atoms with Crippen LogP contribution >= 0.6 is 0 Å². The molecule has 0 aromatic heterocycles. The first-order valence-corrected chi connectivity index (χ1v) is 11.3. The normalized spacial score (nSPS) is 11.0. The first-order chi connectivity index (χ1) is 14.9. The molecule has 0 spiro atoms. The highest BCUT2D eigenvalue weighted by Crippen LogP contribution is 2.41. The van der Waals surface area contributed by atoms with Crippen molar-refractivity contribution >= 4 is 0 Å². The lowest BCUT2D eigenvalue weighted by Gasteiger charge is -2.20. The predicted octanol–water partition coefficient (Wildman–Crippen LogP) is 8.79. The average molecular weight is 405 g/mol. The summed E-state index contributed by atoms with van der Waals surface area (Å²) < 4.78 is 0. The lowest BCUT2D eigenvalue weighted by atomic mass is 9.83. The minimum atomic E-state index is 1.05. The zero-order valence-corrected chi connectivity index (χ0v) is 19.6. The van der Waals surface area contributed by atoms with Crippen LogP contribution in [0.25, 0.3) is 33.4 Å². The Morgan fingerprint density at radius 3 is 1.94 bits per heavy atom. The minimum absolute atomic E-state index is 1.05. The van der Waals surface area contributed by atoms with Crippen LogP contribution in [0.1, 0.15) is 40.3 Å². The van der Waals surface area contributed by atoms with Gasteiger partial charge in [-0.2, -0.15) is 0 Å². The van der Waals surface area contributed by atoms with Crippen molar-refractivity contribution in [3.8, 4) is 33.4 Å². The van der Waals surface area contributed by atoms with E-state index in [1.165, 1.54) is 66.8 Å². The molecule has 0 aliphatic heterocycles. The van der Waals surface area contributed by atoms with Gasteiger partial charge in [-0.1, -0.05) is 85.3 Å². The molecule has 0 heterocycles. The Labute approximate surface area is 187 Å². The first kappa shape index (κ1) is 21.1. The van der Waals surface area contributed by atoms with Crippen molar-refractivity contribution in [2.45, 2.75) is 48.0 Å². The van der Waals surface area contributed by atoms with Crippen molar-refractivity contribution in [2.24, 2.45) is 0 Å². The summed E-state index contributed by atoms with van der Waals surface area (Å²) in [6.45, 7) is 13.3. The largest absolute Gasteiger partial charge is 0.0614 e. The van der Waals surface area contributed by atoms with Crippen molar-refractivity contribution in [1.82, 2.24) is 0 Å². The van der Waals surface area contributed by atoms with Gasteiger partial charge in [0.15, 0.2) is 0 Å². The molecule has 0 fully saturated rings. The summed E-state index contributed by atoms with van der Waals surface area (Å²) in [6, 6.07) is 27.2. The molecule has 0 heteroatoms. The van der Waals surface area contributed by atoms with Crippen LogP contribution in [-0.4, -0.2) is 0 Å². The van der Waals surface area contributed by atoms with Gasteiger partial charge in [-0.05, 0) is 102 Å². The zero-order valence-electron chi connectivity index (χ0n) is 19.6. The maximum absolute atomic E-state index is 2.37. The minimum Gasteiger partial charge on any atom is -0.0614 e. The topological polar surface area (TPSA) is 0 Å². The Balaban J connectivity index is 2.04. The molecule has 0 saturated heterocycles. The smallest absolute Gasteiger partial charge is 0.00698 e. The fourth-order valence-electron chi connectivity index (χ4n) is 4.54. The molecule has 31 heavy (non-hydrogen) atoms. The van der Waals surface area contributed by atoms with Crippen molar-refractivity contribution in [3.63, 3.8) is 0 Å². The van der Waals surface area contributed by atoms with Gasteiger partial charge in [-0.15, -0.1) is 0 Å². The molecule has 0 saturated carbocycles. The van der Waals surface area contributed by atoms with E-state index in [0.717, 1.165) is 6.42 Å². The van der Waals surface area contributed by atoms with Crippen LogP contribution < -0.4 is 0 Å². The SMILES string of the molecule is CCc1ccc(C)c(-c2ccc(-c3cccc(C)c3C)c(C)c2-c2ccc(C)cc2)c1. The molecular formula is C31H32. The molecule has 0 N–H and O–H groups in total. The highest BCUT2D eigenvalue weighted by Gasteiger charge is 2.17. The van der Waals surface area contributed by atoms with Crippen LogP contribution in [0.15, 0.2) is 72.8 Å². The second kappa shape index (κ2) is 8.55. The van der Waals surface area contributed by atoms with Crippen LogP contribution in [0.3, 0.4) is 0 Å². The monoisotopic (exact) mass is 404 g/mol. The molecule has 156 valence electrons. The molecule has 0 aliphatic carbocycles. The maximum atomic E-state index is 2.37. The summed E-state index contributed by atoms with van der Waals surface area (Å²) in [5, 5.41) is 0. The molecular weight excluding hydrogens is 372 g/mol. The molecule has 0 atom stereocenters. The number of hydrogen-bond donors (Lipinski definition) is 0. The molecule has 0 bridgehead atoms. The van der Waals surface area contributed by atoms with E-state index in [1.807, 2.05) is 0 Å². The van der Waals surface area contributed by atoms with E-state index in [4.69, 9.17) is 0 Å². The second-order valence-electron chi connectivity index (χ2n) is 8.78. The summed E-state index contributed by atoms with van der Waals surface area (Å²) in [4.78, 5) is 0. The van der Waals surface area contributed by atoms with Crippen LogP contribution in [0, 0.1) is 34.6 Å². The second-order valence-corrected chi connectivity index (χ2v) is 8.78. The van der Waals surface area contributed by atoms with E-state index >= 15 is 0 Å². The van der Waals surface area contributed by atoms with Gasteiger partial charge in [-0.3, -0.25) is 0 Å². The summed E-state index contributed by atoms with van der Waals surface area (Å²) in [5.74, 6) is 0. The van der Waals surface area contributed by atoms with Gasteiger partial charge in [0, 0.05) is 0 Å². The Morgan fingerprint density at radius 1 is 0.548 bits per heavy atom. The average Bonchev–Trinajstić information content (AvgIpc) is 2.77. The van der Waals surface area contributed by atoms with Gasteiger partial charge in [0.1, 0.15) is 0 Å². The first-order valence-electron chi connectivity index (χ1n) is 11.3. The highest BCUT2D eigenvalue weighted by atomic mass is 14.2. The van der Waals surface area contributed by atoms with Crippen LogP contribution in [0.4, 0.5) is 0 Å². The molecule has 0 radical (unpaired) electrons. The van der Waals surface area contributed by atoms with Crippen LogP contribution in [-0.2, 0) is 6.42 Å².